The maximum Gasteiger partial charge on any atom is 0.408 e. The Balaban J connectivity index is 1.56. The summed E-state index contributed by atoms with van der Waals surface area (Å²) < 4.78 is 51.7. The van der Waals surface area contributed by atoms with Gasteiger partial charge in [-0.25, -0.2) is 22.4 Å². The van der Waals surface area contributed by atoms with Crippen LogP contribution in [0.25, 0.3) is 0 Å². The van der Waals surface area contributed by atoms with Gasteiger partial charge in [0.1, 0.15) is 35.1 Å². The van der Waals surface area contributed by atoms with Crippen molar-refractivity contribution in [3.05, 3.63) is 48.3 Å². The molecule has 14 nitrogen and oxygen atoms in total. The van der Waals surface area contributed by atoms with Gasteiger partial charge in [0.2, 0.25) is 21.8 Å². The normalized spacial score (nSPS) is 24.2. The van der Waals surface area contributed by atoms with Crippen molar-refractivity contribution < 1.29 is 46.3 Å². The lowest BCUT2D eigenvalue weighted by Gasteiger charge is -2.36. The summed E-state index contributed by atoms with van der Waals surface area (Å²) in [7, 11) is -3.93. The van der Waals surface area contributed by atoms with Gasteiger partial charge >= 0.3 is 12.2 Å². The standard InChI is InChI=1S/C33H46FN5O9S/c1-8-20-16-33(20,28(42)38-49(45,46)23-12-13-23)37-26(40)24-15-22(47-29(43)35-17-19-10-9-11-21(34)14-19)18-39(24)27(41)25(31(2,3)4)36-30(44)48-32(5,6)7/h8-11,14,20,22-25H,1,12-13,15-18H2,2-7H3,(H,35,43)(H,36,44)(H,37,40)(H,38,42)/t20?,22-,24+,25-,33-/m1/s1. The quantitative estimate of drug-likeness (QED) is 0.251. The third kappa shape index (κ3) is 9.49. The Hall–Kier alpha value is -4.21. The number of carbonyl (C=O) groups is 5. The van der Waals surface area contributed by atoms with Crippen LogP contribution in [0, 0.1) is 17.2 Å². The summed E-state index contributed by atoms with van der Waals surface area (Å²) in [6.07, 6.45) is -0.528. The summed E-state index contributed by atoms with van der Waals surface area (Å²) in [6.45, 7) is 13.5. The molecule has 49 heavy (non-hydrogen) atoms. The van der Waals surface area contributed by atoms with E-state index in [0.717, 1.165) is 0 Å². The number of nitrogens with one attached hydrogen (secondary N) is 4. The van der Waals surface area contributed by atoms with Crippen molar-refractivity contribution in [1.82, 2.24) is 25.6 Å². The molecule has 1 aliphatic heterocycles. The number of carbonyl (C=O) groups excluding carboxylic acids is 5. The van der Waals surface area contributed by atoms with E-state index in [9.17, 15) is 36.8 Å². The molecule has 3 fully saturated rings. The van der Waals surface area contributed by atoms with Gasteiger partial charge in [0.25, 0.3) is 5.91 Å². The Morgan fingerprint density at radius 1 is 1.10 bits per heavy atom. The van der Waals surface area contributed by atoms with E-state index in [1.807, 2.05) is 0 Å². The molecule has 1 aromatic carbocycles. The topological polar surface area (TPSA) is 189 Å². The minimum atomic E-state index is -3.93. The molecule has 0 aromatic heterocycles. The van der Waals surface area contributed by atoms with Gasteiger partial charge in [-0.05, 0) is 63.1 Å². The van der Waals surface area contributed by atoms with Gasteiger partial charge in [-0.3, -0.25) is 19.1 Å². The van der Waals surface area contributed by atoms with Crippen LogP contribution in [0.2, 0.25) is 0 Å². The molecule has 0 spiro atoms. The average Bonchev–Trinajstić information content (AvgIpc) is 3.90. The largest absolute Gasteiger partial charge is 0.444 e. The van der Waals surface area contributed by atoms with Crippen LogP contribution in [0.4, 0.5) is 14.0 Å². The predicted molar refractivity (Wildman–Crippen MR) is 176 cm³/mol. The van der Waals surface area contributed by atoms with Crippen LogP contribution in [0.3, 0.4) is 0 Å². The molecule has 5 atom stereocenters. The number of alkyl carbamates (subject to hydrolysis) is 2. The highest BCUT2D eigenvalue weighted by molar-refractivity contribution is 7.91. The van der Waals surface area contributed by atoms with E-state index >= 15 is 0 Å². The number of amides is 5. The molecular weight excluding hydrogens is 661 g/mol. The Kier molecular flexibility index (Phi) is 10.7. The molecule has 270 valence electrons. The summed E-state index contributed by atoms with van der Waals surface area (Å²) in [5.41, 5.74) is -2.88. The Morgan fingerprint density at radius 3 is 2.33 bits per heavy atom. The number of sulfonamides is 1. The van der Waals surface area contributed by atoms with Crippen LogP contribution in [-0.2, 0) is 40.4 Å². The van der Waals surface area contributed by atoms with Gasteiger partial charge in [0.05, 0.1) is 11.8 Å². The number of hydrogen-bond acceptors (Lipinski definition) is 9. The van der Waals surface area contributed by atoms with E-state index in [1.165, 1.54) is 29.2 Å². The van der Waals surface area contributed by atoms with E-state index in [0.29, 0.717) is 18.4 Å². The molecule has 0 radical (unpaired) electrons. The molecule has 1 unspecified atom stereocenters. The van der Waals surface area contributed by atoms with Crippen LogP contribution >= 0.6 is 0 Å². The summed E-state index contributed by atoms with van der Waals surface area (Å²) in [5, 5.41) is 7.12. The number of halogens is 1. The maximum atomic E-state index is 14.2. The minimum absolute atomic E-state index is 0.0495. The van der Waals surface area contributed by atoms with E-state index in [2.05, 4.69) is 27.3 Å². The molecule has 2 aliphatic carbocycles. The molecule has 16 heteroatoms. The first-order valence-electron chi connectivity index (χ1n) is 16.1. The molecule has 1 aromatic rings. The average molecular weight is 708 g/mol. The Morgan fingerprint density at radius 2 is 1.78 bits per heavy atom. The summed E-state index contributed by atoms with van der Waals surface area (Å²) in [5.74, 6) is -3.42. The summed E-state index contributed by atoms with van der Waals surface area (Å²) in [6, 6.07) is 3.13. The van der Waals surface area contributed by atoms with Crippen LogP contribution in [0.5, 0.6) is 0 Å². The van der Waals surface area contributed by atoms with Crippen molar-refractivity contribution in [2.24, 2.45) is 11.3 Å². The third-order valence-corrected chi connectivity index (χ3v) is 10.3. The number of nitrogens with zero attached hydrogens (tertiary/aromatic N) is 1. The highest BCUT2D eigenvalue weighted by Gasteiger charge is 2.62. The summed E-state index contributed by atoms with van der Waals surface area (Å²) >= 11 is 0. The van der Waals surface area contributed by atoms with E-state index in [-0.39, 0.29) is 25.9 Å². The SMILES string of the molecule is C=CC1C[C@]1(NC(=O)[C@@H]1C[C@@H](OC(=O)NCc2cccc(F)c2)CN1C(=O)[C@@H](NC(=O)OC(C)(C)C)C(C)(C)C)C(=O)NS(=O)(=O)C1CC1. The predicted octanol–water partition coefficient (Wildman–Crippen LogP) is 2.63. The van der Waals surface area contributed by atoms with Crippen molar-refractivity contribution in [3.63, 3.8) is 0 Å². The molecule has 1 heterocycles. The van der Waals surface area contributed by atoms with Gasteiger partial charge in [-0.1, -0.05) is 39.0 Å². The van der Waals surface area contributed by atoms with E-state index in [1.54, 1.807) is 47.6 Å². The van der Waals surface area contributed by atoms with Crippen molar-refractivity contribution in [1.29, 1.82) is 0 Å². The first kappa shape index (κ1) is 37.6. The smallest absolute Gasteiger partial charge is 0.408 e. The molecule has 4 N–H and O–H groups in total. The fraction of sp³-hybridized carbons (Fsp3) is 0.606. The van der Waals surface area contributed by atoms with Crippen LogP contribution in [0.15, 0.2) is 36.9 Å². The molecule has 2 saturated carbocycles. The molecule has 1 saturated heterocycles. The number of likely N-dealkylation sites (tertiary alicyclic amines) is 1. The molecular formula is C33H46FN5O9S. The van der Waals surface area contributed by atoms with Gasteiger partial charge < -0.3 is 30.3 Å². The van der Waals surface area contributed by atoms with Gasteiger partial charge in [0, 0.05) is 18.9 Å². The fourth-order valence-electron chi connectivity index (χ4n) is 5.65. The molecule has 4 rings (SSSR count). The van der Waals surface area contributed by atoms with Crippen LogP contribution in [-0.4, -0.2) is 84.3 Å². The highest BCUT2D eigenvalue weighted by Crippen LogP contribution is 2.45. The lowest BCUT2D eigenvalue weighted by atomic mass is 9.85. The van der Waals surface area contributed by atoms with E-state index in [4.69, 9.17) is 9.47 Å². The van der Waals surface area contributed by atoms with Crippen molar-refractivity contribution in [3.8, 4) is 0 Å². The molecule has 3 aliphatic rings. The number of rotatable bonds is 11. The minimum Gasteiger partial charge on any atom is -0.444 e. The number of hydrogen-bond donors (Lipinski definition) is 4. The molecule has 5 amide bonds. The van der Waals surface area contributed by atoms with Crippen molar-refractivity contribution in [2.75, 3.05) is 6.54 Å². The fourth-order valence-corrected chi connectivity index (χ4v) is 7.01. The maximum absolute atomic E-state index is 14.2. The zero-order chi connectivity index (χ0) is 36.5. The summed E-state index contributed by atoms with van der Waals surface area (Å²) in [4.78, 5) is 68.2. The second-order valence-electron chi connectivity index (χ2n) is 14.9. The lowest BCUT2D eigenvalue weighted by Crippen LogP contribution is -2.60. The van der Waals surface area contributed by atoms with Gasteiger partial charge in [-0.15, -0.1) is 6.58 Å². The van der Waals surface area contributed by atoms with Crippen molar-refractivity contribution in [2.45, 2.75) is 108 Å². The van der Waals surface area contributed by atoms with Gasteiger partial charge in [-0.2, -0.15) is 0 Å². The Bertz CT molecular complexity index is 1600. The first-order chi connectivity index (χ1) is 22.6. The lowest BCUT2D eigenvalue weighted by molar-refractivity contribution is -0.143. The van der Waals surface area contributed by atoms with E-state index < -0.39 is 91.7 Å². The number of ether oxygens (including phenoxy) is 2. The zero-order valence-corrected chi connectivity index (χ0v) is 29.4. The van der Waals surface area contributed by atoms with Crippen LogP contribution in [0.1, 0.15) is 72.8 Å². The second-order valence-corrected chi connectivity index (χ2v) is 16.8. The highest BCUT2D eigenvalue weighted by atomic mass is 32.2. The molecule has 0 bridgehead atoms. The monoisotopic (exact) mass is 707 g/mol. The Labute approximate surface area is 285 Å². The third-order valence-electron chi connectivity index (χ3n) is 8.47. The second kappa shape index (κ2) is 14.0. The van der Waals surface area contributed by atoms with Crippen LogP contribution < -0.4 is 20.7 Å². The van der Waals surface area contributed by atoms with Crippen molar-refractivity contribution >= 4 is 39.9 Å². The first-order valence-corrected chi connectivity index (χ1v) is 17.7. The number of benzene rings is 1. The zero-order valence-electron chi connectivity index (χ0n) is 28.6. The van der Waals surface area contributed by atoms with Gasteiger partial charge in [0.15, 0.2) is 0 Å².